The second kappa shape index (κ2) is 4.95. The van der Waals surface area contributed by atoms with Gasteiger partial charge in [-0.25, -0.2) is 8.78 Å². The van der Waals surface area contributed by atoms with Crippen LogP contribution in [0.4, 0.5) is 8.78 Å². The highest BCUT2D eigenvalue weighted by atomic mass is 19.1. The molecule has 1 aromatic carbocycles. The number of carboxylic acids is 1. The number of halogens is 2. The molecular weight excluding hydrogens is 256 g/mol. The zero-order chi connectivity index (χ0) is 14.2. The van der Waals surface area contributed by atoms with E-state index < -0.39 is 35.5 Å². The first-order valence-corrected chi connectivity index (χ1v) is 5.90. The Morgan fingerprint density at radius 2 is 1.84 bits per heavy atom. The Balaban J connectivity index is 2.23. The summed E-state index contributed by atoms with van der Waals surface area (Å²) in [6.45, 7) is 1.90. The first-order chi connectivity index (χ1) is 8.90. The number of hydrogen-bond donors (Lipinski definition) is 1. The zero-order valence-electron chi connectivity index (χ0n) is 10.3. The van der Waals surface area contributed by atoms with E-state index in [1.54, 1.807) is 6.92 Å². The zero-order valence-corrected chi connectivity index (χ0v) is 10.3. The molecule has 2 atom stereocenters. The maximum atomic E-state index is 13.1. The molecule has 0 spiro atoms. The van der Waals surface area contributed by atoms with Crippen LogP contribution < -0.4 is 0 Å². The van der Waals surface area contributed by atoms with Crippen LogP contribution in [0.2, 0.25) is 0 Å². The first kappa shape index (κ1) is 13.5. The van der Waals surface area contributed by atoms with E-state index in [0.717, 1.165) is 12.1 Å². The van der Waals surface area contributed by atoms with E-state index in [1.165, 1.54) is 4.90 Å². The Bertz CT molecular complexity index is 512. The third-order valence-corrected chi connectivity index (χ3v) is 3.44. The Morgan fingerprint density at radius 1 is 1.26 bits per heavy atom. The van der Waals surface area contributed by atoms with Gasteiger partial charge in [0.2, 0.25) is 0 Å². The van der Waals surface area contributed by atoms with E-state index in [2.05, 4.69) is 0 Å². The Hall–Kier alpha value is -1.98. The largest absolute Gasteiger partial charge is 0.481 e. The average Bonchev–Trinajstić information content (AvgIpc) is 2.69. The maximum Gasteiger partial charge on any atom is 0.308 e. The quantitative estimate of drug-likeness (QED) is 0.892. The van der Waals surface area contributed by atoms with Crippen LogP contribution in [0.3, 0.4) is 0 Å². The summed E-state index contributed by atoms with van der Waals surface area (Å²) in [6.07, 6.45) is 0.347. The molecule has 1 aliphatic heterocycles. The van der Waals surface area contributed by atoms with Gasteiger partial charge < -0.3 is 10.0 Å². The van der Waals surface area contributed by atoms with Crippen molar-refractivity contribution >= 4 is 11.9 Å². The van der Waals surface area contributed by atoms with Crippen LogP contribution in [0.25, 0.3) is 0 Å². The fraction of sp³-hybridized carbons (Fsp3) is 0.385. The van der Waals surface area contributed by atoms with Gasteiger partial charge in [0, 0.05) is 24.2 Å². The molecule has 0 aromatic heterocycles. The lowest BCUT2D eigenvalue weighted by Gasteiger charge is -2.23. The molecular formula is C13H13F2NO3. The summed E-state index contributed by atoms with van der Waals surface area (Å²) < 4.78 is 26.1. The van der Waals surface area contributed by atoms with Crippen molar-refractivity contribution in [1.82, 2.24) is 4.90 Å². The lowest BCUT2D eigenvalue weighted by Crippen LogP contribution is -2.37. The molecule has 19 heavy (non-hydrogen) atoms. The van der Waals surface area contributed by atoms with Crippen LogP contribution in [0.1, 0.15) is 23.7 Å². The van der Waals surface area contributed by atoms with Crippen molar-refractivity contribution in [3.63, 3.8) is 0 Å². The lowest BCUT2D eigenvalue weighted by molar-refractivity contribution is -0.142. The summed E-state index contributed by atoms with van der Waals surface area (Å²) in [5, 5.41) is 8.98. The van der Waals surface area contributed by atoms with Gasteiger partial charge in [-0.2, -0.15) is 0 Å². The summed E-state index contributed by atoms with van der Waals surface area (Å²) in [5.74, 6) is -3.81. The molecule has 0 aliphatic carbocycles. The molecule has 6 heteroatoms. The molecule has 1 amide bonds. The normalized spacial score (nSPS) is 22.6. The van der Waals surface area contributed by atoms with Crippen LogP contribution in [-0.2, 0) is 4.79 Å². The van der Waals surface area contributed by atoms with Crippen molar-refractivity contribution in [2.24, 2.45) is 5.92 Å². The van der Waals surface area contributed by atoms with Gasteiger partial charge in [-0.3, -0.25) is 9.59 Å². The number of hydrogen-bond acceptors (Lipinski definition) is 2. The number of benzene rings is 1. The molecule has 1 fully saturated rings. The molecule has 1 saturated heterocycles. The number of nitrogens with zero attached hydrogens (tertiary/aromatic N) is 1. The number of aliphatic carboxylic acids is 1. The van der Waals surface area contributed by atoms with Gasteiger partial charge in [0.25, 0.3) is 5.91 Å². The second-order valence-corrected chi connectivity index (χ2v) is 4.63. The molecule has 0 bridgehead atoms. The van der Waals surface area contributed by atoms with Crippen LogP contribution >= 0.6 is 0 Å². The molecule has 4 nitrogen and oxygen atoms in total. The standard InChI is InChI=1S/C13H13F2NO3/c1-7-11(13(18)19)2-3-16(7)12(17)8-4-9(14)6-10(15)5-8/h4-7,11H,2-3H2,1H3,(H,18,19). The highest BCUT2D eigenvalue weighted by Gasteiger charge is 2.38. The van der Waals surface area contributed by atoms with E-state index in [4.69, 9.17) is 5.11 Å². The van der Waals surface area contributed by atoms with Crippen LogP contribution in [0, 0.1) is 17.6 Å². The van der Waals surface area contributed by atoms with Gasteiger partial charge in [0.15, 0.2) is 0 Å². The summed E-state index contributed by atoms with van der Waals surface area (Å²) in [6, 6.07) is 2.10. The molecule has 2 unspecified atom stereocenters. The Labute approximate surface area is 108 Å². The third kappa shape index (κ3) is 2.57. The number of carbonyl (C=O) groups excluding carboxylic acids is 1. The lowest BCUT2D eigenvalue weighted by atomic mass is 10.0. The van der Waals surface area contributed by atoms with Crippen LogP contribution in [-0.4, -0.2) is 34.5 Å². The second-order valence-electron chi connectivity index (χ2n) is 4.63. The van der Waals surface area contributed by atoms with Crippen LogP contribution in [0.5, 0.6) is 0 Å². The fourth-order valence-corrected chi connectivity index (χ4v) is 2.40. The summed E-state index contributed by atoms with van der Waals surface area (Å²) in [7, 11) is 0. The summed E-state index contributed by atoms with van der Waals surface area (Å²) >= 11 is 0. The number of rotatable bonds is 2. The van der Waals surface area contributed by atoms with Gasteiger partial charge in [0.1, 0.15) is 11.6 Å². The number of likely N-dealkylation sites (tertiary alicyclic amines) is 1. The minimum Gasteiger partial charge on any atom is -0.481 e. The van der Waals surface area contributed by atoms with Crippen LogP contribution in [0.15, 0.2) is 18.2 Å². The van der Waals surface area contributed by atoms with E-state index in [0.29, 0.717) is 12.5 Å². The topological polar surface area (TPSA) is 57.6 Å². The SMILES string of the molecule is CC1C(C(=O)O)CCN1C(=O)c1cc(F)cc(F)c1. The average molecular weight is 269 g/mol. The molecule has 102 valence electrons. The predicted octanol–water partition coefficient (Wildman–Crippen LogP) is 1.90. The fourth-order valence-electron chi connectivity index (χ4n) is 2.40. The van der Waals surface area contributed by atoms with E-state index in [9.17, 15) is 18.4 Å². The van der Waals surface area contributed by atoms with Crippen molar-refractivity contribution in [2.75, 3.05) is 6.54 Å². The summed E-state index contributed by atoms with van der Waals surface area (Å²) in [4.78, 5) is 24.4. The minimum absolute atomic E-state index is 0.101. The minimum atomic E-state index is -0.965. The van der Waals surface area contributed by atoms with Crippen molar-refractivity contribution in [3.05, 3.63) is 35.4 Å². The molecule has 2 rings (SSSR count). The van der Waals surface area contributed by atoms with Gasteiger partial charge in [0.05, 0.1) is 5.92 Å². The van der Waals surface area contributed by atoms with Gasteiger partial charge in [-0.15, -0.1) is 0 Å². The van der Waals surface area contributed by atoms with Gasteiger partial charge >= 0.3 is 5.97 Å². The summed E-state index contributed by atoms with van der Waals surface area (Å²) in [5.41, 5.74) is -0.101. The van der Waals surface area contributed by atoms with Crippen molar-refractivity contribution in [2.45, 2.75) is 19.4 Å². The third-order valence-electron chi connectivity index (χ3n) is 3.44. The highest BCUT2D eigenvalue weighted by molar-refractivity contribution is 5.95. The molecule has 1 N–H and O–H groups in total. The van der Waals surface area contributed by atoms with E-state index >= 15 is 0 Å². The van der Waals surface area contributed by atoms with E-state index in [-0.39, 0.29) is 12.1 Å². The predicted molar refractivity (Wildman–Crippen MR) is 62.6 cm³/mol. The Kier molecular flexibility index (Phi) is 3.50. The number of amides is 1. The van der Waals surface area contributed by atoms with Crippen molar-refractivity contribution in [3.8, 4) is 0 Å². The molecule has 0 radical (unpaired) electrons. The van der Waals surface area contributed by atoms with Gasteiger partial charge in [-0.05, 0) is 25.5 Å². The molecule has 0 saturated carbocycles. The maximum absolute atomic E-state index is 13.1. The highest BCUT2D eigenvalue weighted by Crippen LogP contribution is 2.26. The number of carboxylic acid groups (broad SMARTS) is 1. The smallest absolute Gasteiger partial charge is 0.308 e. The first-order valence-electron chi connectivity index (χ1n) is 5.90. The van der Waals surface area contributed by atoms with Crippen molar-refractivity contribution in [1.29, 1.82) is 0 Å². The monoisotopic (exact) mass is 269 g/mol. The van der Waals surface area contributed by atoms with Crippen molar-refractivity contribution < 1.29 is 23.5 Å². The molecule has 1 aliphatic rings. The number of carbonyl (C=O) groups is 2. The van der Waals surface area contributed by atoms with Gasteiger partial charge in [-0.1, -0.05) is 0 Å². The Morgan fingerprint density at radius 3 is 2.32 bits per heavy atom. The van der Waals surface area contributed by atoms with E-state index in [1.807, 2.05) is 0 Å². The molecule has 1 heterocycles. The molecule has 1 aromatic rings.